The molecule has 0 atom stereocenters. The van der Waals surface area contributed by atoms with Crippen molar-refractivity contribution in [1.82, 2.24) is 0 Å². The number of benzene rings is 1. The number of halogens is 3. The van der Waals surface area contributed by atoms with Crippen molar-refractivity contribution in [2.24, 2.45) is 11.3 Å². The third-order valence-corrected chi connectivity index (χ3v) is 5.11. The van der Waals surface area contributed by atoms with Crippen LogP contribution in [0.4, 0.5) is 0 Å². The first-order valence-electron chi connectivity index (χ1n) is 7.13. The van der Waals surface area contributed by atoms with Gasteiger partial charge in [-0.25, -0.2) is 4.79 Å². The molecule has 1 aliphatic carbocycles. The number of carbonyl (C=O) groups is 1. The van der Waals surface area contributed by atoms with Crippen molar-refractivity contribution in [3.8, 4) is 0 Å². The number of ether oxygens (including phenoxy) is 1. The molecule has 1 aromatic carbocycles. The molecule has 1 saturated carbocycles. The fourth-order valence-electron chi connectivity index (χ4n) is 2.54. The SMILES string of the molecule is CC(C)(CCCOC(=O)c1cc(Cl)cc(Cl)c1Cl)C1CC1. The smallest absolute Gasteiger partial charge is 0.339 e. The molecular formula is C16H19Cl3O2. The highest BCUT2D eigenvalue weighted by Gasteiger charge is 2.36. The van der Waals surface area contributed by atoms with Crippen molar-refractivity contribution in [2.75, 3.05) is 6.61 Å². The van der Waals surface area contributed by atoms with Crippen LogP contribution >= 0.6 is 34.8 Å². The Hall–Kier alpha value is -0.440. The lowest BCUT2D eigenvalue weighted by Crippen LogP contribution is -2.16. The molecule has 0 amide bonds. The predicted octanol–water partition coefficient (Wildman–Crippen LogP) is 6.02. The standard InChI is InChI=1S/C16H19Cl3O2/c1-16(2,10-4-5-10)6-3-7-21-15(20)12-8-11(17)9-13(18)14(12)19/h8-10H,3-7H2,1-2H3. The van der Waals surface area contributed by atoms with E-state index in [1.807, 2.05) is 0 Å². The molecule has 1 aliphatic rings. The number of carbonyl (C=O) groups excluding carboxylic acids is 1. The van der Waals surface area contributed by atoms with Crippen LogP contribution in [0.3, 0.4) is 0 Å². The van der Waals surface area contributed by atoms with Crippen molar-refractivity contribution in [1.29, 1.82) is 0 Å². The highest BCUT2D eigenvalue weighted by molar-refractivity contribution is 6.45. The molecule has 5 heteroatoms. The van der Waals surface area contributed by atoms with Gasteiger partial charge in [0.05, 0.1) is 22.2 Å². The Kier molecular flexibility index (Phi) is 5.45. The second-order valence-corrected chi connectivity index (χ2v) is 7.47. The van der Waals surface area contributed by atoms with Gasteiger partial charge < -0.3 is 4.74 Å². The summed E-state index contributed by atoms with van der Waals surface area (Å²) in [6, 6.07) is 2.98. The van der Waals surface area contributed by atoms with Crippen molar-refractivity contribution in [2.45, 2.75) is 39.5 Å². The van der Waals surface area contributed by atoms with Crippen molar-refractivity contribution in [3.63, 3.8) is 0 Å². The van der Waals surface area contributed by atoms with E-state index in [1.54, 1.807) is 0 Å². The van der Waals surface area contributed by atoms with Crippen LogP contribution in [0.15, 0.2) is 12.1 Å². The summed E-state index contributed by atoms with van der Waals surface area (Å²) in [4.78, 5) is 12.0. The number of rotatable bonds is 6. The molecule has 2 nitrogen and oxygen atoms in total. The van der Waals surface area contributed by atoms with Crippen LogP contribution in [-0.4, -0.2) is 12.6 Å². The van der Waals surface area contributed by atoms with Crippen LogP contribution in [-0.2, 0) is 4.74 Å². The highest BCUT2D eigenvalue weighted by atomic mass is 35.5. The maximum absolute atomic E-state index is 12.0. The predicted molar refractivity (Wildman–Crippen MR) is 87.5 cm³/mol. The third kappa shape index (κ3) is 4.51. The zero-order valence-electron chi connectivity index (χ0n) is 12.2. The van der Waals surface area contributed by atoms with Crippen LogP contribution in [0.25, 0.3) is 0 Å². The van der Waals surface area contributed by atoms with E-state index in [9.17, 15) is 4.79 Å². The van der Waals surface area contributed by atoms with E-state index in [4.69, 9.17) is 39.5 Å². The molecule has 0 heterocycles. The molecule has 0 spiro atoms. The van der Waals surface area contributed by atoms with Crippen LogP contribution in [0.2, 0.25) is 15.1 Å². The van der Waals surface area contributed by atoms with Gasteiger partial charge in [-0.05, 0) is 49.1 Å². The van der Waals surface area contributed by atoms with E-state index < -0.39 is 5.97 Å². The fraction of sp³-hybridized carbons (Fsp3) is 0.562. The topological polar surface area (TPSA) is 26.3 Å². The summed E-state index contributed by atoms with van der Waals surface area (Å²) in [5, 5.41) is 0.807. The molecule has 21 heavy (non-hydrogen) atoms. The van der Waals surface area contributed by atoms with Gasteiger partial charge in [-0.15, -0.1) is 0 Å². The van der Waals surface area contributed by atoms with Gasteiger partial charge in [0, 0.05) is 5.02 Å². The van der Waals surface area contributed by atoms with Crippen LogP contribution in [0.5, 0.6) is 0 Å². The van der Waals surface area contributed by atoms with E-state index in [2.05, 4.69) is 13.8 Å². The second-order valence-electron chi connectivity index (χ2n) is 6.25. The van der Waals surface area contributed by atoms with Gasteiger partial charge in [0.25, 0.3) is 0 Å². The van der Waals surface area contributed by atoms with Crippen LogP contribution in [0, 0.1) is 11.3 Å². The molecule has 0 unspecified atom stereocenters. The highest BCUT2D eigenvalue weighted by Crippen LogP contribution is 2.47. The lowest BCUT2D eigenvalue weighted by Gasteiger charge is -2.24. The van der Waals surface area contributed by atoms with Gasteiger partial charge in [-0.3, -0.25) is 0 Å². The second kappa shape index (κ2) is 6.76. The molecule has 0 saturated heterocycles. The Morgan fingerprint density at radius 3 is 2.57 bits per heavy atom. The van der Waals surface area contributed by atoms with Crippen molar-refractivity contribution in [3.05, 3.63) is 32.8 Å². The molecule has 0 bridgehead atoms. The number of hydrogen-bond donors (Lipinski definition) is 0. The van der Waals surface area contributed by atoms with E-state index in [0.29, 0.717) is 17.0 Å². The Balaban J connectivity index is 1.85. The number of hydrogen-bond acceptors (Lipinski definition) is 2. The Bertz CT molecular complexity index is 537. The average molecular weight is 350 g/mol. The Morgan fingerprint density at radius 2 is 1.95 bits per heavy atom. The molecule has 0 aliphatic heterocycles. The van der Waals surface area contributed by atoms with Gasteiger partial charge >= 0.3 is 5.97 Å². The fourth-order valence-corrected chi connectivity index (χ4v) is 3.22. The summed E-state index contributed by atoms with van der Waals surface area (Å²) in [5.74, 6) is 0.350. The normalized spacial score (nSPS) is 15.1. The minimum Gasteiger partial charge on any atom is -0.462 e. The van der Waals surface area contributed by atoms with Crippen molar-refractivity contribution >= 4 is 40.8 Å². The zero-order valence-corrected chi connectivity index (χ0v) is 14.5. The van der Waals surface area contributed by atoms with E-state index in [-0.39, 0.29) is 15.6 Å². The van der Waals surface area contributed by atoms with Crippen LogP contribution < -0.4 is 0 Å². The molecule has 0 radical (unpaired) electrons. The van der Waals surface area contributed by atoms with E-state index in [1.165, 1.54) is 25.0 Å². The number of esters is 1. The molecule has 1 fully saturated rings. The first-order chi connectivity index (χ1) is 9.81. The van der Waals surface area contributed by atoms with E-state index in [0.717, 1.165) is 18.8 Å². The Labute approximate surface area is 140 Å². The quantitative estimate of drug-likeness (QED) is 0.356. The maximum atomic E-state index is 12.0. The minimum atomic E-state index is -0.478. The first-order valence-corrected chi connectivity index (χ1v) is 8.26. The van der Waals surface area contributed by atoms with Gasteiger partial charge in [0.15, 0.2) is 0 Å². The van der Waals surface area contributed by atoms with Gasteiger partial charge in [0.1, 0.15) is 0 Å². The van der Waals surface area contributed by atoms with Crippen molar-refractivity contribution < 1.29 is 9.53 Å². The molecule has 1 aromatic rings. The summed E-state index contributed by atoms with van der Waals surface area (Å²) in [6.45, 7) is 4.94. The average Bonchev–Trinajstić information content (AvgIpc) is 3.23. The molecule has 2 rings (SSSR count). The summed E-state index contributed by atoms with van der Waals surface area (Å²) in [5.41, 5.74) is 0.555. The van der Waals surface area contributed by atoms with Crippen LogP contribution in [0.1, 0.15) is 49.9 Å². The first kappa shape index (κ1) is 16.9. The zero-order chi connectivity index (χ0) is 15.6. The molecule has 116 valence electrons. The lowest BCUT2D eigenvalue weighted by atomic mass is 9.83. The Morgan fingerprint density at radius 1 is 1.29 bits per heavy atom. The van der Waals surface area contributed by atoms with Gasteiger partial charge in [0.2, 0.25) is 0 Å². The summed E-state index contributed by atoms with van der Waals surface area (Å²) >= 11 is 17.8. The third-order valence-electron chi connectivity index (χ3n) is 4.09. The molecular weight excluding hydrogens is 331 g/mol. The molecule has 0 N–H and O–H groups in total. The van der Waals surface area contributed by atoms with E-state index >= 15 is 0 Å². The summed E-state index contributed by atoms with van der Waals surface area (Å²) in [7, 11) is 0. The minimum absolute atomic E-state index is 0.185. The largest absolute Gasteiger partial charge is 0.462 e. The van der Waals surface area contributed by atoms with Gasteiger partial charge in [-0.2, -0.15) is 0 Å². The maximum Gasteiger partial charge on any atom is 0.339 e. The summed E-state index contributed by atoms with van der Waals surface area (Å²) < 4.78 is 5.27. The molecule has 0 aromatic heterocycles. The summed E-state index contributed by atoms with van der Waals surface area (Å²) in [6.07, 6.45) is 4.54. The van der Waals surface area contributed by atoms with Gasteiger partial charge in [-0.1, -0.05) is 48.7 Å². The lowest BCUT2D eigenvalue weighted by molar-refractivity contribution is 0.0483. The monoisotopic (exact) mass is 348 g/mol.